The Kier molecular flexibility index (Phi) is 6.95. The predicted molar refractivity (Wildman–Crippen MR) is 143 cm³/mol. The topological polar surface area (TPSA) is 104 Å². The Balaban J connectivity index is 1.41. The molecule has 0 aliphatic carbocycles. The number of carbonyl (C=O) groups is 1. The van der Waals surface area contributed by atoms with Gasteiger partial charge in [-0.25, -0.2) is 0 Å². The summed E-state index contributed by atoms with van der Waals surface area (Å²) in [6.07, 6.45) is 3.42. The first kappa shape index (κ1) is 25.2. The number of ether oxygens (including phenoxy) is 1. The highest BCUT2D eigenvalue weighted by Crippen LogP contribution is 2.37. The van der Waals surface area contributed by atoms with E-state index in [0.717, 1.165) is 33.5 Å². The molecule has 38 heavy (non-hydrogen) atoms. The number of hydrogen-bond acceptors (Lipinski definition) is 6. The number of carbonyl (C=O) groups excluding carboxylic acids is 1. The van der Waals surface area contributed by atoms with Crippen molar-refractivity contribution in [3.8, 4) is 34.2 Å². The van der Waals surface area contributed by atoms with Gasteiger partial charge in [-0.05, 0) is 54.8 Å². The van der Waals surface area contributed by atoms with Crippen molar-refractivity contribution in [1.29, 1.82) is 5.26 Å². The van der Waals surface area contributed by atoms with Gasteiger partial charge in [-0.15, -0.1) is 0 Å². The summed E-state index contributed by atoms with van der Waals surface area (Å²) in [6, 6.07) is 21.6. The predicted octanol–water partition coefficient (Wildman–Crippen LogP) is 4.44. The van der Waals surface area contributed by atoms with E-state index in [0.29, 0.717) is 31.1 Å². The Bertz CT molecular complexity index is 1470. The molecule has 192 valence electrons. The number of aliphatic hydroxyl groups is 1. The fourth-order valence-corrected chi connectivity index (χ4v) is 4.59. The lowest BCUT2D eigenvalue weighted by Gasteiger charge is -2.27. The fourth-order valence-electron chi connectivity index (χ4n) is 4.59. The van der Waals surface area contributed by atoms with Gasteiger partial charge >= 0.3 is 0 Å². The van der Waals surface area contributed by atoms with Crippen LogP contribution in [0.1, 0.15) is 35.5 Å². The highest BCUT2D eigenvalue weighted by molar-refractivity contribution is 6.03. The third kappa shape index (κ3) is 4.89. The lowest BCUT2D eigenvalue weighted by Crippen LogP contribution is -2.42. The van der Waals surface area contributed by atoms with Crippen LogP contribution in [0.4, 0.5) is 0 Å². The van der Waals surface area contributed by atoms with Crippen LogP contribution in [0.15, 0.2) is 73.1 Å². The summed E-state index contributed by atoms with van der Waals surface area (Å²) in [5, 5.41) is 23.6. The first-order valence-electron chi connectivity index (χ1n) is 12.6. The Labute approximate surface area is 221 Å². The number of benzene rings is 2. The number of hydrogen-bond donors (Lipinski definition) is 1. The van der Waals surface area contributed by atoms with Gasteiger partial charge in [0, 0.05) is 36.6 Å². The molecule has 1 amide bonds. The highest BCUT2D eigenvalue weighted by atomic mass is 16.5. The maximum Gasteiger partial charge on any atom is 0.272 e. The van der Waals surface area contributed by atoms with Crippen LogP contribution in [0.2, 0.25) is 0 Å². The Morgan fingerprint density at radius 3 is 2.37 bits per heavy atom. The van der Waals surface area contributed by atoms with Gasteiger partial charge in [-0.3, -0.25) is 14.5 Å². The summed E-state index contributed by atoms with van der Waals surface area (Å²) in [4.78, 5) is 19.2. The van der Waals surface area contributed by atoms with Gasteiger partial charge in [-0.2, -0.15) is 10.4 Å². The van der Waals surface area contributed by atoms with Crippen LogP contribution in [0.25, 0.3) is 22.4 Å². The van der Waals surface area contributed by atoms with Crippen LogP contribution in [0.3, 0.4) is 0 Å². The van der Waals surface area contributed by atoms with Crippen LogP contribution in [0.5, 0.6) is 5.75 Å². The molecule has 0 atom stereocenters. The van der Waals surface area contributed by atoms with Crippen LogP contribution < -0.4 is 4.74 Å². The molecule has 0 spiro atoms. The smallest absolute Gasteiger partial charge is 0.272 e. The van der Waals surface area contributed by atoms with E-state index >= 15 is 0 Å². The third-order valence-electron chi connectivity index (χ3n) is 6.85. The standard InChI is InChI=1S/C30H29N5O3/c1-30(2,20-31)24-7-3-21(4-8-24)19-38-25-9-5-22(6-10-25)26-27(23-11-13-32-14-12-23)33-35-16-15-34(17-18-36)29(37)28(26)35/h3-14,36H,15-19H2,1-2H3. The molecule has 0 unspecified atom stereocenters. The van der Waals surface area contributed by atoms with Gasteiger partial charge in [0.15, 0.2) is 0 Å². The second kappa shape index (κ2) is 10.5. The number of rotatable bonds is 8. The highest BCUT2D eigenvalue weighted by Gasteiger charge is 2.32. The molecule has 1 aliphatic heterocycles. The van der Waals surface area contributed by atoms with E-state index in [1.165, 1.54) is 0 Å². The van der Waals surface area contributed by atoms with E-state index in [9.17, 15) is 15.2 Å². The maximum absolute atomic E-state index is 13.4. The van der Waals surface area contributed by atoms with Crippen molar-refractivity contribution in [3.63, 3.8) is 0 Å². The second-order valence-corrected chi connectivity index (χ2v) is 9.79. The summed E-state index contributed by atoms with van der Waals surface area (Å²) in [5.41, 5.74) is 5.16. The molecular formula is C30H29N5O3. The van der Waals surface area contributed by atoms with Crippen molar-refractivity contribution in [2.75, 3.05) is 19.7 Å². The average Bonchev–Trinajstić information content (AvgIpc) is 3.35. The minimum Gasteiger partial charge on any atom is -0.489 e. The molecule has 4 aromatic rings. The van der Waals surface area contributed by atoms with Gasteiger partial charge in [0.2, 0.25) is 0 Å². The largest absolute Gasteiger partial charge is 0.489 e. The molecule has 1 N–H and O–H groups in total. The zero-order valence-corrected chi connectivity index (χ0v) is 21.5. The zero-order valence-electron chi connectivity index (χ0n) is 21.5. The Hall–Kier alpha value is -4.48. The number of amides is 1. The maximum atomic E-state index is 13.4. The SMILES string of the molecule is CC(C)(C#N)c1ccc(COc2ccc(-c3c(-c4ccncc4)nn4c3C(=O)N(CCO)CC4)cc2)cc1. The number of aromatic nitrogens is 3. The van der Waals surface area contributed by atoms with E-state index in [1.54, 1.807) is 22.0 Å². The zero-order chi connectivity index (χ0) is 26.7. The van der Waals surface area contributed by atoms with Crippen LogP contribution in [0, 0.1) is 11.3 Å². The van der Waals surface area contributed by atoms with Gasteiger partial charge in [0.05, 0.1) is 24.6 Å². The van der Waals surface area contributed by atoms with Gasteiger partial charge < -0.3 is 14.7 Å². The lowest BCUT2D eigenvalue weighted by molar-refractivity contribution is 0.0662. The summed E-state index contributed by atoms with van der Waals surface area (Å²) >= 11 is 0. The monoisotopic (exact) mass is 507 g/mol. The molecule has 5 rings (SSSR count). The normalized spacial score (nSPS) is 13.2. The second-order valence-electron chi connectivity index (χ2n) is 9.79. The molecule has 2 aromatic carbocycles. The Morgan fingerprint density at radius 2 is 1.71 bits per heavy atom. The van der Waals surface area contributed by atoms with Gasteiger partial charge in [0.25, 0.3) is 5.91 Å². The van der Waals surface area contributed by atoms with E-state index in [1.807, 2.05) is 74.5 Å². The van der Waals surface area contributed by atoms with Crippen LogP contribution >= 0.6 is 0 Å². The van der Waals surface area contributed by atoms with Crippen LogP contribution in [-0.2, 0) is 18.6 Å². The average molecular weight is 508 g/mol. The number of fused-ring (bicyclic) bond motifs is 1. The minimum atomic E-state index is -0.534. The van der Waals surface area contributed by atoms with E-state index in [2.05, 4.69) is 11.1 Å². The number of nitrogens with zero attached hydrogens (tertiary/aromatic N) is 5. The Morgan fingerprint density at radius 1 is 1.00 bits per heavy atom. The number of β-amino-alcohol motifs (C(OH)–C–C–N with tert-alkyl or cyclic N) is 1. The first-order chi connectivity index (χ1) is 18.4. The summed E-state index contributed by atoms with van der Waals surface area (Å²) in [6.45, 7) is 5.46. The quantitative estimate of drug-likeness (QED) is 0.378. The van der Waals surface area contributed by atoms with Crippen molar-refractivity contribution in [2.24, 2.45) is 0 Å². The van der Waals surface area contributed by atoms with Crippen molar-refractivity contribution in [1.82, 2.24) is 19.7 Å². The number of aliphatic hydroxyl groups excluding tert-OH is 1. The van der Waals surface area contributed by atoms with Crippen molar-refractivity contribution in [3.05, 3.63) is 89.9 Å². The van der Waals surface area contributed by atoms with Gasteiger partial charge in [0.1, 0.15) is 23.7 Å². The summed E-state index contributed by atoms with van der Waals surface area (Å²) in [5.74, 6) is 0.561. The van der Waals surface area contributed by atoms with Crippen molar-refractivity contribution in [2.45, 2.75) is 32.4 Å². The molecule has 0 saturated heterocycles. The molecular weight excluding hydrogens is 478 g/mol. The van der Waals surface area contributed by atoms with E-state index in [-0.39, 0.29) is 19.1 Å². The molecule has 0 saturated carbocycles. The molecule has 0 bridgehead atoms. The molecule has 2 aromatic heterocycles. The molecule has 0 radical (unpaired) electrons. The molecule has 0 fully saturated rings. The lowest BCUT2D eigenvalue weighted by atomic mass is 9.86. The molecule has 3 heterocycles. The van der Waals surface area contributed by atoms with Crippen molar-refractivity contribution < 1.29 is 14.6 Å². The first-order valence-corrected chi connectivity index (χ1v) is 12.6. The summed E-state index contributed by atoms with van der Waals surface area (Å²) < 4.78 is 7.78. The van der Waals surface area contributed by atoms with E-state index in [4.69, 9.17) is 9.84 Å². The molecule has 8 heteroatoms. The van der Waals surface area contributed by atoms with Crippen LogP contribution in [-0.4, -0.2) is 50.4 Å². The van der Waals surface area contributed by atoms with Gasteiger partial charge in [-0.1, -0.05) is 36.4 Å². The molecule has 8 nitrogen and oxygen atoms in total. The molecule has 1 aliphatic rings. The minimum absolute atomic E-state index is 0.0860. The number of nitriles is 1. The third-order valence-corrected chi connectivity index (χ3v) is 6.85. The van der Waals surface area contributed by atoms with E-state index < -0.39 is 5.41 Å². The van der Waals surface area contributed by atoms with Crippen molar-refractivity contribution >= 4 is 5.91 Å². The summed E-state index contributed by atoms with van der Waals surface area (Å²) in [7, 11) is 0. The number of pyridine rings is 1. The fraction of sp³-hybridized carbons (Fsp3) is 0.267.